The van der Waals surface area contributed by atoms with Crippen LogP contribution in [0.1, 0.15) is 53.8 Å². The Labute approximate surface area is 175 Å². The average molecular weight is 416 g/mol. The number of thiazole rings is 1. The number of carbonyl (C=O) groups is 2. The largest absolute Gasteiger partial charge is 0.335 e. The van der Waals surface area contributed by atoms with Gasteiger partial charge in [0.05, 0.1) is 5.56 Å². The van der Waals surface area contributed by atoms with Crippen LogP contribution in [-0.2, 0) is 0 Å². The van der Waals surface area contributed by atoms with Gasteiger partial charge in [0.15, 0.2) is 5.13 Å². The molecule has 3 amide bonds. The Hall–Kier alpha value is -2.35. The van der Waals surface area contributed by atoms with E-state index in [0.717, 1.165) is 34.9 Å². The number of nitrogens with one attached hydrogen (secondary N) is 1. The van der Waals surface area contributed by atoms with E-state index < -0.39 is 0 Å². The predicted octanol–water partition coefficient (Wildman–Crippen LogP) is 3.35. The van der Waals surface area contributed by atoms with Gasteiger partial charge in [-0.25, -0.2) is 9.78 Å². The third-order valence-electron chi connectivity index (χ3n) is 6.06. The van der Waals surface area contributed by atoms with Crippen LogP contribution in [0, 0.1) is 13.8 Å². The molecule has 2 aromatic rings. The minimum absolute atomic E-state index is 0.0194. The molecule has 0 spiro atoms. The van der Waals surface area contributed by atoms with E-state index in [4.69, 9.17) is 0 Å². The fraction of sp³-hybridized carbons (Fsp3) is 0.571. The SMILES string of the molecule is Cc1cc(C(=O)N2CCN(C(=O)NC3CCCCC3)CC2)c(C)n1-c1nccs1. The number of nitrogens with zero attached hydrogens (tertiary/aromatic N) is 4. The highest BCUT2D eigenvalue weighted by molar-refractivity contribution is 7.12. The maximum absolute atomic E-state index is 13.1. The van der Waals surface area contributed by atoms with E-state index in [1.54, 1.807) is 17.5 Å². The van der Waals surface area contributed by atoms with Crippen molar-refractivity contribution in [2.45, 2.75) is 52.0 Å². The molecule has 29 heavy (non-hydrogen) atoms. The summed E-state index contributed by atoms with van der Waals surface area (Å²) in [5, 5.41) is 5.99. The first-order valence-electron chi connectivity index (χ1n) is 10.5. The second kappa shape index (κ2) is 8.57. The Balaban J connectivity index is 1.37. The Morgan fingerprint density at radius 2 is 1.76 bits per heavy atom. The minimum Gasteiger partial charge on any atom is -0.335 e. The molecule has 4 rings (SSSR count). The van der Waals surface area contributed by atoms with Crippen molar-refractivity contribution < 1.29 is 9.59 Å². The lowest BCUT2D eigenvalue weighted by Gasteiger charge is -2.36. The van der Waals surface area contributed by atoms with Crippen molar-refractivity contribution in [3.8, 4) is 5.13 Å². The van der Waals surface area contributed by atoms with Crippen molar-refractivity contribution in [3.63, 3.8) is 0 Å². The predicted molar refractivity (Wildman–Crippen MR) is 114 cm³/mol. The molecular formula is C21H29N5O2S. The number of urea groups is 1. The Morgan fingerprint density at radius 1 is 1.07 bits per heavy atom. The molecule has 1 aliphatic carbocycles. The zero-order chi connectivity index (χ0) is 20.4. The van der Waals surface area contributed by atoms with Gasteiger partial charge in [0.1, 0.15) is 0 Å². The number of aryl methyl sites for hydroxylation is 1. The molecule has 1 N–H and O–H groups in total. The molecule has 3 heterocycles. The number of hydrogen-bond donors (Lipinski definition) is 1. The Morgan fingerprint density at radius 3 is 2.41 bits per heavy atom. The van der Waals surface area contributed by atoms with Gasteiger partial charge in [0, 0.05) is 55.2 Å². The van der Waals surface area contributed by atoms with Crippen LogP contribution in [0.3, 0.4) is 0 Å². The fourth-order valence-electron chi connectivity index (χ4n) is 4.40. The van der Waals surface area contributed by atoms with Crippen LogP contribution < -0.4 is 5.32 Å². The smallest absolute Gasteiger partial charge is 0.317 e. The second-order valence-electron chi connectivity index (χ2n) is 8.00. The molecule has 156 valence electrons. The topological polar surface area (TPSA) is 70.5 Å². The van der Waals surface area contributed by atoms with Crippen LogP contribution in [0.15, 0.2) is 17.6 Å². The lowest BCUT2D eigenvalue weighted by atomic mass is 9.96. The second-order valence-corrected chi connectivity index (χ2v) is 8.87. The highest BCUT2D eigenvalue weighted by Crippen LogP contribution is 2.24. The highest BCUT2D eigenvalue weighted by Gasteiger charge is 2.28. The standard InChI is InChI=1S/C21H29N5O2S/c1-15-14-18(16(2)26(15)21-22-8-13-29-21)19(27)24-9-11-25(12-10-24)20(28)23-17-6-4-3-5-7-17/h8,13-14,17H,3-7,9-12H2,1-2H3,(H,23,28). The van der Waals surface area contributed by atoms with Crippen LogP contribution in [0.5, 0.6) is 0 Å². The molecule has 2 aliphatic rings. The number of hydrogen-bond acceptors (Lipinski definition) is 4. The first kappa shape index (κ1) is 19.9. The van der Waals surface area contributed by atoms with Crippen molar-refractivity contribution in [3.05, 3.63) is 34.6 Å². The number of amides is 3. The Kier molecular flexibility index (Phi) is 5.89. The molecule has 0 atom stereocenters. The van der Waals surface area contributed by atoms with Crippen LogP contribution in [-0.4, -0.2) is 63.5 Å². The van der Waals surface area contributed by atoms with Gasteiger partial charge in [0.2, 0.25) is 0 Å². The average Bonchev–Trinajstić information content (AvgIpc) is 3.36. The van der Waals surface area contributed by atoms with E-state index >= 15 is 0 Å². The van der Waals surface area contributed by atoms with Crippen molar-refractivity contribution in [2.75, 3.05) is 26.2 Å². The Bertz CT molecular complexity index is 862. The van der Waals surface area contributed by atoms with Crippen molar-refractivity contribution in [1.29, 1.82) is 0 Å². The van der Waals surface area contributed by atoms with Crippen molar-refractivity contribution in [2.24, 2.45) is 0 Å². The van der Waals surface area contributed by atoms with E-state index in [1.807, 2.05) is 39.7 Å². The molecule has 8 heteroatoms. The molecule has 1 saturated heterocycles. The zero-order valence-corrected chi connectivity index (χ0v) is 18.0. The monoisotopic (exact) mass is 415 g/mol. The van der Waals surface area contributed by atoms with Gasteiger partial charge < -0.3 is 15.1 Å². The summed E-state index contributed by atoms with van der Waals surface area (Å²) < 4.78 is 2.03. The highest BCUT2D eigenvalue weighted by atomic mass is 32.1. The van der Waals surface area contributed by atoms with Crippen LogP contribution in [0.2, 0.25) is 0 Å². The van der Waals surface area contributed by atoms with Gasteiger partial charge in [-0.1, -0.05) is 19.3 Å². The first-order valence-corrected chi connectivity index (χ1v) is 11.4. The van der Waals surface area contributed by atoms with Gasteiger partial charge in [-0.15, -0.1) is 11.3 Å². The third-order valence-corrected chi connectivity index (χ3v) is 6.82. The van der Waals surface area contributed by atoms with Crippen LogP contribution in [0.4, 0.5) is 4.79 Å². The van der Waals surface area contributed by atoms with Crippen LogP contribution in [0.25, 0.3) is 5.13 Å². The molecule has 2 aromatic heterocycles. The van der Waals surface area contributed by atoms with Gasteiger partial charge in [-0.05, 0) is 32.8 Å². The fourth-order valence-corrected chi connectivity index (χ4v) is 5.15. The summed E-state index contributed by atoms with van der Waals surface area (Å²) in [6, 6.07) is 2.28. The summed E-state index contributed by atoms with van der Waals surface area (Å²) in [4.78, 5) is 33.8. The summed E-state index contributed by atoms with van der Waals surface area (Å²) in [6.45, 7) is 6.26. The molecule has 1 aliphatic heterocycles. The molecule has 0 unspecified atom stereocenters. The molecule has 2 fully saturated rings. The first-order chi connectivity index (χ1) is 14.0. The quantitative estimate of drug-likeness (QED) is 0.836. The van der Waals surface area contributed by atoms with Gasteiger partial charge in [0.25, 0.3) is 5.91 Å². The number of piperazine rings is 1. The van der Waals surface area contributed by atoms with Gasteiger partial charge >= 0.3 is 6.03 Å². The summed E-state index contributed by atoms with van der Waals surface area (Å²) in [7, 11) is 0. The van der Waals surface area contributed by atoms with E-state index in [0.29, 0.717) is 32.2 Å². The van der Waals surface area contributed by atoms with Crippen molar-refractivity contribution >= 4 is 23.3 Å². The normalized spacial score (nSPS) is 18.1. The molecular weight excluding hydrogens is 386 g/mol. The molecule has 1 saturated carbocycles. The summed E-state index contributed by atoms with van der Waals surface area (Å²) in [5.41, 5.74) is 2.64. The minimum atomic E-state index is 0.0194. The molecule has 0 radical (unpaired) electrons. The van der Waals surface area contributed by atoms with E-state index in [2.05, 4.69) is 10.3 Å². The molecule has 0 bridgehead atoms. The zero-order valence-electron chi connectivity index (χ0n) is 17.2. The maximum Gasteiger partial charge on any atom is 0.317 e. The number of carbonyl (C=O) groups excluding carboxylic acids is 2. The van der Waals surface area contributed by atoms with E-state index in [1.165, 1.54) is 19.3 Å². The van der Waals surface area contributed by atoms with Crippen molar-refractivity contribution in [1.82, 2.24) is 24.7 Å². The number of rotatable bonds is 3. The number of aromatic nitrogens is 2. The lowest BCUT2D eigenvalue weighted by Crippen LogP contribution is -2.54. The molecule has 0 aromatic carbocycles. The molecule has 7 nitrogen and oxygen atoms in total. The van der Waals surface area contributed by atoms with E-state index in [-0.39, 0.29) is 11.9 Å². The van der Waals surface area contributed by atoms with Crippen LogP contribution >= 0.6 is 11.3 Å². The van der Waals surface area contributed by atoms with Gasteiger partial charge in [-0.2, -0.15) is 0 Å². The third kappa shape index (κ3) is 4.17. The summed E-state index contributed by atoms with van der Waals surface area (Å²) in [5.74, 6) is 0.0354. The summed E-state index contributed by atoms with van der Waals surface area (Å²) >= 11 is 1.56. The van der Waals surface area contributed by atoms with Gasteiger partial charge in [-0.3, -0.25) is 9.36 Å². The lowest BCUT2D eigenvalue weighted by molar-refractivity contribution is 0.0662. The maximum atomic E-state index is 13.1. The van der Waals surface area contributed by atoms with E-state index in [9.17, 15) is 9.59 Å². The summed E-state index contributed by atoms with van der Waals surface area (Å²) in [6.07, 6.45) is 7.62.